The lowest BCUT2D eigenvalue weighted by Crippen LogP contribution is -2.07. The van der Waals surface area contributed by atoms with Crippen LogP contribution < -0.4 is 0 Å². The highest BCUT2D eigenvalue weighted by atomic mass is 16.5. The Bertz CT molecular complexity index is 476. The number of hydrogen-bond donors (Lipinski definition) is 1. The van der Waals surface area contributed by atoms with Crippen molar-refractivity contribution in [3.05, 3.63) is 30.1 Å². The first kappa shape index (κ1) is 9.71. The monoisotopic (exact) mass is 204 g/mol. The summed E-state index contributed by atoms with van der Waals surface area (Å²) in [6, 6.07) is 3.75. The van der Waals surface area contributed by atoms with Crippen LogP contribution in [0.4, 0.5) is 0 Å². The maximum atomic E-state index is 11.3. The van der Waals surface area contributed by atoms with Crippen molar-refractivity contribution in [2.45, 2.75) is 13.3 Å². The van der Waals surface area contributed by atoms with Gasteiger partial charge in [0.2, 0.25) is 0 Å². The van der Waals surface area contributed by atoms with Crippen LogP contribution in [-0.4, -0.2) is 22.5 Å². The van der Waals surface area contributed by atoms with E-state index in [1.807, 2.05) is 18.3 Å². The first-order chi connectivity index (χ1) is 7.31. The number of aromatic nitrogens is 2. The van der Waals surface area contributed by atoms with Crippen molar-refractivity contribution in [2.24, 2.45) is 0 Å². The molecule has 2 aromatic rings. The molecule has 0 aliphatic heterocycles. The number of aromatic amines is 1. The number of rotatable bonds is 3. The summed E-state index contributed by atoms with van der Waals surface area (Å²) < 4.78 is 4.90. The van der Waals surface area contributed by atoms with Gasteiger partial charge in [-0.25, -0.2) is 4.98 Å². The van der Waals surface area contributed by atoms with E-state index in [0.717, 1.165) is 16.6 Å². The largest absolute Gasteiger partial charge is 0.466 e. The lowest BCUT2D eigenvalue weighted by atomic mass is 10.1. The van der Waals surface area contributed by atoms with E-state index in [2.05, 4.69) is 9.97 Å². The van der Waals surface area contributed by atoms with E-state index in [1.165, 1.54) is 0 Å². The van der Waals surface area contributed by atoms with Gasteiger partial charge in [0, 0.05) is 17.8 Å². The summed E-state index contributed by atoms with van der Waals surface area (Å²) in [6.07, 6.45) is 3.80. The summed E-state index contributed by atoms with van der Waals surface area (Å²) in [5.41, 5.74) is 1.75. The number of nitrogens with zero attached hydrogens (tertiary/aromatic N) is 1. The molecular formula is C11H12N2O2. The normalized spacial score (nSPS) is 10.5. The van der Waals surface area contributed by atoms with Crippen LogP contribution in [-0.2, 0) is 16.0 Å². The van der Waals surface area contributed by atoms with Crippen molar-refractivity contribution in [3.8, 4) is 0 Å². The molecule has 0 aliphatic rings. The second-order valence-corrected chi connectivity index (χ2v) is 3.19. The summed E-state index contributed by atoms with van der Waals surface area (Å²) >= 11 is 0. The second kappa shape index (κ2) is 4.13. The number of H-pyrrole nitrogens is 1. The fourth-order valence-electron chi connectivity index (χ4n) is 1.54. The molecule has 15 heavy (non-hydrogen) atoms. The summed E-state index contributed by atoms with van der Waals surface area (Å²) in [5.74, 6) is -0.203. The number of ether oxygens (including phenoxy) is 1. The maximum absolute atomic E-state index is 11.3. The molecule has 1 N–H and O–H groups in total. The smallest absolute Gasteiger partial charge is 0.310 e. The second-order valence-electron chi connectivity index (χ2n) is 3.19. The van der Waals surface area contributed by atoms with Crippen molar-refractivity contribution < 1.29 is 9.53 Å². The number of carbonyl (C=O) groups is 1. The molecule has 0 saturated carbocycles. The van der Waals surface area contributed by atoms with E-state index < -0.39 is 0 Å². The van der Waals surface area contributed by atoms with Crippen LogP contribution in [0.15, 0.2) is 24.5 Å². The fourth-order valence-corrected chi connectivity index (χ4v) is 1.54. The van der Waals surface area contributed by atoms with Crippen molar-refractivity contribution in [3.63, 3.8) is 0 Å². The minimum atomic E-state index is -0.203. The van der Waals surface area contributed by atoms with E-state index in [-0.39, 0.29) is 5.97 Å². The van der Waals surface area contributed by atoms with Crippen LogP contribution in [0.3, 0.4) is 0 Å². The summed E-state index contributed by atoms with van der Waals surface area (Å²) in [7, 11) is 0. The molecule has 0 amide bonds. The first-order valence-corrected chi connectivity index (χ1v) is 4.88. The lowest BCUT2D eigenvalue weighted by Gasteiger charge is -2.02. The Kier molecular flexibility index (Phi) is 2.67. The molecule has 2 rings (SSSR count). The van der Waals surface area contributed by atoms with Gasteiger partial charge in [-0.2, -0.15) is 0 Å². The number of esters is 1. The van der Waals surface area contributed by atoms with Crippen LogP contribution in [0, 0.1) is 0 Å². The quantitative estimate of drug-likeness (QED) is 0.774. The average molecular weight is 204 g/mol. The van der Waals surface area contributed by atoms with E-state index in [0.29, 0.717) is 13.0 Å². The minimum Gasteiger partial charge on any atom is -0.466 e. The summed E-state index contributed by atoms with van der Waals surface area (Å²) in [5, 5.41) is 0.977. The molecule has 0 unspecified atom stereocenters. The van der Waals surface area contributed by atoms with E-state index >= 15 is 0 Å². The Labute approximate surface area is 87.3 Å². The van der Waals surface area contributed by atoms with Crippen LogP contribution in [0.1, 0.15) is 12.5 Å². The molecule has 0 aliphatic carbocycles. The molecule has 78 valence electrons. The molecule has 0 radical (unpaired) electrons. The zero-order valence-corrected chi connectivity index (χ0v) is 8.49. The maximum Gasteiger partial charge on any atom is 0.310 e. The van der Waals surface area contributed by atoms with Crippen molar-refractivity contribution in [1.82, 2.24) is 9.97 Å². The molecule has 2 heterocycles. The number of pyridine rings is 1. The van der Waals surface area contributed by atoms with Gasteiger partial charge in [0.25, 0.3) is 0 Å². The Morgan fingerprint density at radius 1 is 1.53 bits per heavy atom. The van der Waals surface area contributed by atoms with E-state index in [1.54, 1.807) is 13.1 Å². The molecule has 4 heteroatoms. The molecule has 0 aromatic carbocycles. The fraction of sp³-hybridized carbons (Fsp3) is 0.273. The van der Waals surface area contributed by atoms with Gasteiger partial charge in [-0.05, 0) is 24.6 Å². The van der Waals surface area contributed by atoms with Crippen molar-refractivity contribution in [2.75, 3.05) is 6.61 Å². The highest BCUT2D eigenvalue weighted by Gasteiger charge is 2.08. The molecule has 0 atom stereocenters. The van der Waals surface area contributed by atoms with Gasteiger partial charge in [0.05, 0.1) is 13.0 Å². The van der Waals surface area contributed by atoms with Gasteiger partial charge in [0.1, 0.15) is 5.65 Å². The highest BCUT2D eigenvalue weighted by Crippen LogP contribution is 2.15. The lowest BCUT2D eigenvalue weighted by molar-refractivity contribution is -0.142. The number of hydrogen-bond acceptors (Lipinski definition) is 3. The van der Waals surface area contributed by atoms with Gasteiger partial charge in [0.15, 0.2) is 0 Å². The van der Waals surface area contributed by atoms with Gasteiger partial charge < -0.3 is 9.72 Å². The first-order valence-electron chi connectivity index (χ1n) is 4.88. The van der Waals surface area contributed by atoms with Crippen LogP contribution in [0.25, 0.3) is 11.0 Å². The summed E-state index contributed by atoms with van der Waals surface area (Å²) in [6.45, 7) is 2.22. The van der Waals surface area contributed by atoms with Crippen LogP contribution >= 0.6 is 0 Å². The van der Waals surface area contributed by atoms with Crippen LogP contribution in [0.5, 0.6) is 0 Å². The topological polar surface area (TPSA) is 55.0 Å². The minimum absolute atomic E-state index is 0.203. The number of carbonyl (C=O) groups excluding carboxylic acids is 1. The third-order valence-corrected chi connectivity index (χ3v) is 2.19. The number of nitrogens with one attached hydrogen (secondary N) is 1. The Morgan fingerprint density at radius 3 is 3.20 bits per heavy atom. The summed E-state index contributed by atoms with van der Waals surface area (Å²) in [4.78, 5) is 18.5. The third kappa shape index (κ3) is 1.98. The van der Waals surface area contributed by atoms with Gasteiger partial charge in [-0.3, -0.25) is 4.79 Å². The Hall–Kier alpha value is -1.84. The Morgan fingerprint density at radius 2 is 2.40 bits per heavy atom. The van der Waals surface area contributed by atoms with E-state index in [9.17, 15) is 4.79 Å². The van der Waals surface area contributed by atoms with E-state index in [4.69, 9.17) is 4.74 Å². The third-order valence-electron chi connectivity index (χ3n) is 2.19. The predicted octanol–water partition coefficient (Wildman–Crippen LogP) is 1.67. The standard InChI is InChI=1S/C11H12N2O2/c1-2-15-10(14)7-8-3-5-12-11-9(8)4-6-13-11/h3-6H,2,7H2,1H3,(H,12,13). The molecular weight excluding hydrogens is 192 g/mol. The predicted molar refractivity (Wildman–Crippen MR) is 56.4 cm³/mol. The SMILES string of the molecule is CCOC(=O)Cc1ccnc2[nH]ccc12. The zero-order chi connectivity index (χ0) is 10.7. The van der Waals surface area contributed by atoms with Crippen LogP contribution in [0.2, 0.25) is 0 Å². The molecule has 4 nitrogen and oxygen atoms in total. The molecule has 0 bridgehead atoms. The zero-order valence-electron chi connectivity index (χ0n) is 8.49. The average Bonchev–Trinajstić information content (AvgIpc) is 2.67. The van der Waals surface area contributed by atoms with Gasteiger partial charge in [-0.1, -0.05) is 0 Å². The Balaban J connectivity index is 2.27. The molecule has 0 spiro atoms. The van der Waals surface area contributed by atoms with Gasteiger partial charge in [-0.15, -0.1) is 0 Å². The highest BCUT2D eigenvalue weighted by molar-refractivity contribution is 5.84. The van der Waals surface area contributed by atoms with Crippen molar-refractivity contribution in [1.29, 1.82) is 0 Å². The van der Waals surface area contributed by atoms with Crippen molar-refractivity contribution >= 4 is 17.0 Å². The number of fused-ring (bicyclic) bond motifs is 1. The molecule has 2 aromatic heterocycles. The molecule has 0 saturated heterocycles. The van der Waals surface area contributed by atoms with Gasteiger partial charge >= 0.3 is 5.97 Å². The molecule has 0 fully saturated rings.